The van der Waals surface area contributed by atoms with Crippen LogP contribution in [-0.2, 0) is 0 Å². The molecule has 1 nitrogen and oxygen atoms in total. The average Bonchev–Trinajstić information content (AvgIpc) is 2.26. The van der Waals surface area contributed by atoms with Crippen LogP contribution in [0.5, 0.6) is 0 Å². The summed E-state index contributed by atoms with van der Waals surface area (Å²) in [6.07, 6.45) is 18.9. The van der Waals surface area contributed by atoms with Crippen LogP contribution in [0.15, 0.2) is 36.5 Å². The molecule has 0 heterocycles. The number of unbranched alkanes of at least 4 members (excludes halogenated alkanes) is 3. The Hall–Kier alpha value is -1.29. The number of hydrogen-bond acceptors (Lipinski definition) is 1. The molecule has 0 amide bonds. The summed E-state index contributed by atoms with van der Waals surface area (Å²) in [5.74, 6) is 0. The predicted molar refractivity (Wildman–Crippen MR) is 66.4 cm³/mol. The largest absolute Gasteiger partial charge is 0.198 e. The van der Waals surface area contributed by atoms with Crippen LogP contribution in [0.25, 0.3) is 0 Å². The number of nitrogens with zero attached hydrogens (tertiary/aromatic N) is 1. The fraction of sp³-hybridized carbons (Fsp3) is 0.500. The van der Waals surface area contributed by atoms with E-state index in [1.807, 2.05) is 18.2 Å². The van der Waals surface area contributed by atoms with Gasteiger partial charge in [-0.15, -0.1) is 0 Å². The van der Waals surface area contributed by atoms with Gasteiger partial charge in [-0.2, -0.15) is 5.26 Å². The minimum Gasteiger partial charge on any atom is -0.198 e. The van der Waals surface area contributed by atoms with Crippen molar-refractivity contribution < 1.29 is 0 Å². The molecule has 0 aromatic carbocycles. The zero-order valence-electron chi connectivity index (χ0n) is 9.65. The number of hydrogen-bond donors (Lipinski definition) is 0. The molecule has 0 rings (SSSR count). The van der Waals surface area contributed by atoms with Crippen LogP contribution in [0.3, 0.4) is 0 Å². The van der Waals surface area contributed by atoms with Crippen molar-refractivity contribution in [3.8, 4) is 6.07 Å². The smallest absolute Gasteiger partial charge is 0.0663 e. The summed E-state index contributed by atoms with van der Waals surface area (Å²) >= 11 is 0. The van der Waals surface area contributed by atoms with Gasteiger partial charge in [-0.05, 0) is 19.3 Å². The monoisotopic (exact) mass is 203 g/mol. The average molecular weight is 203 g/mol. The van der Waals surface area contributed by atoms with Crippen LogP contribution in [0.2, 0.25) is 0 Å². The number of rotatable bonds is 8. The van der Waals surface area contributed by atoms with Crippen molar-refractivity contribution in [2.75, 3.05) is 0 Å². The van der Waals surface area contributed by atoms with E-state index in [2.05, 4.69) is 31.2 Å². The zero-order valence-corrected chi connectivity index (χ0v) is 9.65. The number of allylic oxidation sites excluding steroid dienone is 6. The molecule has 0 bridgehead atoms. The Morgan fingerprint density at radius 3 is 2.53 bits per heavy atom. The lowest BCUT2D eigenvalue weighted by atomic mass is 10.2. The molecule has 0 saturated heterocycles. The highest BCUT2D eigenvalue weighted by Gasteiger charge is 1.80. The third kappa shape index (κ3) is 12.7. The maximum absolute atomic E-state index is 8.27. The third-order valence-electron chi connectivity index (χ3n) is 2.01. The topological polar surface area (TPSA) is 23.8 Å². The molecule has 82 valence electrons. The van der Waals surface area contributed by atoms with E-state index in [4.69, 9.17) is 5.26 Å². The van der Waals surface area contributed by atoms with Gasteiger partial charge in [0.25, 0.3) is 0 Å². The molecule has 1 heteroatoms. The van der Waals surface area contributed by atoms with Gasteiger partial charge in [0.1, 0.15) is 0 Å². The highest BCUT2D eigenvalue weighted by molar-refractivity contribution is 5.06. The van der Waals surface area contributed by atoms with Crippen LogP contribution in [0, 0.1) is 11.3 Å². The van der Waals surface area contributed by atoms with Gasteiger partial charge in [0, 0.05) is 0 Å². The van der Waals surface area contributed by atoms with Crippen LogP contribution >= 0.6 is 0 Å². The van der Waals surface area contributed by atoms with E-state index >= 15 is 0 Å². The predicted octanol–water partition coefficient (Wildman–Crippen LogP) is 4.54. The second-order valence-electron chi connectivity index (χ2n) is 3.42. The minimum atomic E-state index is 0.497. The van der Waals surface area contributed by atoms with Gasteiger partial charge in [0.2, 0.25) is 0 Å². The van der Waals surface area contributed by atoms with Gasteiger partial charge in [0.05, 0.1) is 12.5 Å². The second-order valence-corrected chi connectivity index (χ2v) is 3.42. The van der Waals surface area contributed by atoms with Crippen molar-refractivity contribution in [3.63, 3.8) is 0 Å². The van der Waals surface area contributed by atoms with Gasteiger partial charge in [-0.3, -0.25) is 0 Å². The first-order chi connectivity index (χ1) is 7.41. The molecule has 0 fully saturated rings. The SMILES string of the molecule is CCCCC/C=C/C/C=C/C=C/CC#N. The van der Waals surface area contributed by atoms with Crippen LogP contribution in [0.4, 0.5) is 0 Å². The van der Waals surface area contributed by atoms with Gasteiger partial charge in [-0.25, -0.2) is 0 Å². The quantitative estimate of drug-likeness (QED) is 0.323. The minimum absolute atomic E-state index is 0.497. The Morgan fingerprint density at radius 1 is 1.00 bits per heavy atom. The molecule has 0 atom stereocenters. The van der Waals surface area contributed by atoms with E-state index in [9.17, 15) is 0 Å². The maximum Gasteiger partial charge on any atom is 0.0663 e. The molecule has 0 unspecified atom stereocenters. The molecule has 15 heavy (non-hydrogen) atoms. The normalized spacial score (nSPS) is 11.7. The highest BCUT2D eigenvalue weighted by Crippen LogP contribution is 2.00. The zero-order chi connectivity index (χ0) is 11.2. The summed E-state index contributed by atoms with van der Waals surface area (Å²) in [5, 5.41) is 8.27. The van der Waals surface area contributed by atoms with E-state index in [-0.39, 0.29) is 0 Å². The molecule has 0 aliphatic rings. The summed E-state index contributed by atoms with van der Waals surface area (Å²) in [4.78, 5) is 0. The van der Waals surface area contributed by atoms with E-state index in [1.165, 1.54) is 25.7 Å². The molecular weight excluding hydrogens is 182 g/mol. The highest BCUT2D eigenvalue weighted by atomic mass is 14.2. The van der Waals surface area contributed by atoms with Crippen LogP contribution in [-0.4, -0.2) is 0 Å². The van der Waals surface area contributed by atoms with Gasteiger partial charge in [-0.1, -0.05) is 56.2 Å². The van der Waals surface area contributed by atoms with Crippen molar-refractivity contribution in [2.24, 2.45) is 0 Å². The molecule has 0 aromatic heterocycles. The Kier molecular flexibility index (Phi) is 11.6. The summed E-state index contributed by atoms with van der Waals surface area (Å²) in [6, 6.07) is 2.06. The van der Waals surface area contributed by atoms with Crippen molar-refractivity contribution in [1.29, 1.82) is 5.26 Å². The van der Waals surface area contributed by atoms with Gasteiger partial charge in [0.15, 0.2) is 0 Å². The van der Waals surface area contributed by atoms with E-state index in [0.717, 1.165) is 6.42 Å². The summed E-state index contributed by atoms with van der Waals surface area (Å²) in [5.41, 5.74) is 0. The van der Waals surface area contributed by atoms with Crippen molar-refractivity contribution in [3.05, 3.63) is 36.5 Å². The Bertz CT molecular complexity index is 241. The fourth-order valence-electron chi connectivity index (χ4n) is 1.16. The lowest BCUT2D eigenvalue weighted by Crippen LogP contribution is -1.70. The third-order valence-corrected chi connectivity index (χ3v) is 2.01. The maximum atomic E-state index is 8.27. The Balaban J connectivity index is 3.32. The first-order valence-electron chi connectivity index (χ1n) is 5.75. The van der Waals surface area contributed by atoms with E-state index in [1.54, 1.807) is 0 Å². The molecule has 0 aromatic rings. The van der Waals surface area contributed by atoms with E-state index < -0.39 is 0 Å². The van der Waals surface area contributed by atoms with Crippen molar-refractivity contribution in [1.82, 2.24) is 0 Å². The molecule has 0 aliphatic heterocycles. The molecule has 0 spiro atoms. The fourth-order valence-corrected chi connectivity index (χ4v) is 1.16. The van der Waals surface area contributed by atoms with Gasteiger partial charge >= 0.3 is 0 Å². The van der Waals surface area contributed by atoms with Crippen LogP contribution < -0.4 is 0 Å². The standard InChI is InChI=1S/C14H21N/c1-2-3-4-5-6-7-8-9-10-11-12-13-14-15/h6-7,9-12H,2-5,8,13H2,1H3/b7-6+,10-9+,12-11+. The summed E-state index contributed by atoms with van der Waals surface area (Å²) in [6.45, 7) is 2.22. The summed E-state index contributed by atoms with van der Waals surface area (Å²) < 4.78 is 0. The molecule has 0 saturated carbocycles. The summed E-state index contributed by atoms with van der Waals surface area (Å²) in [7, 11) is 0. The van der Waals surface area contributed by atoms with Gasteiger partial charge < -0.3 is 0 Å². The lowest BCUT2D eigenvalue weighted by Gasteiger charge is -1.90. The van der Waals surface area contributed by atoms with E-state index in [0.29, 0.717) is 6.42 Å². The first-order valence-corrected chi connectivity index (χ1v) is 5.75. The molecular formula is C14H21N. The van der Waals surface area contributed by atoms with Crippen molar-refractivity contribution >= 4 is 0 Å². The second kappa shape index (κ2) is 12.7. The Labute approximate surface area is 93.8 Å². The first kappa shape index (κ1) is 13.7. The Morgan fingerprint density at radius 2 is 1.80 bits per heavy atom. The number of nitriles is 1. The van der Waals surface area contributed by atoms with Crippen molar-refractivity contribution in [2.45, 2.75) is 45.4 Å². The molecule has 0 N–H and O–H groups in total. The molecule has 0 aliphatic carbocycles. The van der Waals surface area contributed by atoms with Crippen LogP contribution in [0.1, 0.15) is 45.4 Å². The molecule has 0 radical (unpaired) electrons. The lowest BCUT2D eigenvalue weighted by molar-refractivity contribution is 0.728.